The molecule has 6 amide bonds. The van der Waals surface area contributed by atoms with Gasteiger partial charge in [-0.25, -0.2) is 0 Å². The molecule has 15 heteroatoms. The number of rotatable bonds is 8. The molecular weight excluding hydrogens is 634 g/mol. The van der Waals surface area contributed by atoms with Crippen LogP contribution in [0.2, 0.25) is 0 Å². The molecule has 49 heavy (non-hydrogen) atoms. The Morgan fingerprint density at radius 3 is 2.55 bits per heavy atom. The van der Waals surface area contributed by atoms with Crippen LogP contribution in [0, 0.1) is 5.92 Å². The topological polar surface area (TPSA) is 214 Å². The van der Waals surface area contributed by atoms with Gasteiger partial charge in [0.2, 0.25) is 35.4 Å². The third-order valence-electron chi connectivity index (χ3n) is 8.22. The Balaban J connectivity index is 1.53. The maximum Gasteiger partial charge on any atom is 0.246 e. The van der Waals surface area contributed by atoms with E-state index in [1.54, 1.807) is 36.4 Å². The molecule has 2 aliphatic rings. The summed E-state index contributed by atoms with van der Waals surface area (Å²) < 4.78 is 10.7. The van der Waals surface area contributed by atoms with Crippen molar-refractivity contribution in [3.63, 3.8) is 0 Å². The van der Waals surface area contributed by atoms with Gasteiger partial charge in [0, 0.05) is 57.8 Å². The lowest BCUT2D eigenvalue weighted by molar-refractivity contribution is -0.135. The lowest BCUT2D eigenvalue weighted by Crippen LogP contribution is -2.52. The molecule has 3 heterocycles. The molecule has 4 rings (SSSR count). The molecule has 0 unspecified atom stereocenters. The zero-order valence-corrected chi connectivity index (χ0v) is 27.4. The summed E-state index contributed by atoms with van der Waals surface area (Å²) in [5.74, 6) is -2.83. The van der Waals surface area contributed by atoms with E-state index in [-0.39, 0.29) is 63.9 Å². The number of hydrogen-bond acceptors (Lipinski definition) is 9. The first-order valence-electron chi connectivity index (χ1n) is 16.5. The first kappa shape index (κ1) is 36.8. The largest absolute Gasteiger partial charge is 0.469 e. The number of carbonyl (C=O) groups excluding carboxylic acids is 6. The highest BCUT2D eigenvalue weighted by Crippen LogP contribution is 2.18. The molecule has 1 fully saturated rings. The van der Waals surface area contributed by atoms with Crippen molar-refractivity contribution in [2.45, 2.75) is 50.7 Å². The summed E-state index contributed by atoms with van der Waals surface area (Å²) in [6, 6.07) is 8.62. The number of amides is 6. The molecule has 3 atom stereocenters. The van der Waals surface area contributed by atoms with Crippen LogP contribution in [0.25, 0.3) is 0 Å². The van der Waals surface area contributed by atoms with Gasteiger partial charge in [0.25, 0.3) is 0 Å². The molecule has 0 saturated carbocycles. The number of nitrogens with zero attached hydrogens (tertiary/aromatic N) is 1. The van der Waals surface area contributed by atoms with Crippen LogP contribution in [-0.4, -0.2) is 98.4 Å². The maximum absolute atomic E-state index is 13.5. The molecule has 2 aliphatic heterocycles. The standard InChI is InChI=1S/C34H45N7O8/c35-12-17-48-18-14-37-33(46)27-11-13-36-30(43)19-23-5-1-2-6-24(23)21-38-34(47)28(20-26-8-4-16-49-26)40-32(45)25-7-3-15-41(22-25)31(44)10-9-29(42)39-27/h1-2,4-6,8-10,16,25,27-28H,3,7,11-15,17-22,35H2,(H,36,43)(H,37,46)(H,38,47)(H,39,42)(H,40,45)/b10-9+/t25-,27+,28+/m1/s1. The summed E-state index contributed by atoms with van der Waals surface area (Å²) in [6.45, 7) is 1.78. The van der Waals surface area contributed by atoms with Crippen LogP contribution in [0.4, 0.5) is 0 Å². The summed E-state index contributed by atoms with van der Waals surface area (Å²) in [7, 11) is 0. The molecule has 0 aliphatic carbocycles. The fourth-order valence-corrected chi connectivity index (χ4v) is 5.62. The normalized spacial score (nSPS) is 22.3. The summed E-state index contributed by atoms with van der Waals surface area (Å²) in [5.41, 5.74) is 6.82. The van der Waals surface area contributed by atoms with Crippen LogP contribution < -0.4 is 32.3 Å². The molecule has 2 bridgehead atoms. The lowest BCUT2D eigenvalue weighted by atomic mass is 9.96. The SMILES string of the molecule is NCCOCCNC(=O)[C@@H]1CCNC(=O)Cc2ccccc2CNC(=O)[C@H](Cc2ccco2)NC(=O)[C@@H]2CCCN(C2)C(=O)/C=C/C(=O)N1. The van der Waals surface area contributed by atoms with Crippen molar-refractivity contribution in [1.29, 1.82) is 0 Å². The number of fused-ring (bicyclic) bond motifs is 3. The van der Waals surface area contributed by atoms with E-state index in [1.807, 2.05) is 0 Å². The van der Waals surface area contributed by atoms with Gasteiger partial charge in [-0.3, -0.25) is 28.8 Å². The van der Waals surface area contributed by atoms with Gasteiger partial charge in [0.15, 0.2) is 0 Å². The Bertz CT molecular complexity index is 1480. The van der Waals surface area contributed by atoms with Crippen LogP contribution >= 0.6 is 0 Å². The van der Waals surface area contributed by atoms with Gasteiger partial charge < -0.3 is 46.4 Å². The summed E-state index contributed by atoms with van der Waals surface area (Å²) in [4.78, 5) is 80.2. The number of nitrogens with one attached hydrogen (secondary N) is 5. The van der Waals surface area contributed by atoms with E-state index >= 15 is 0 Å². The highest BCUT2D eigenvalue weighted by atomic mass is 16.5. The van der Waals surface area contributed by atoms with Gasteiger partial charge in [-0.2, -0.15) is 0 Å². The lowest BCUT2D eigenvalue weighted by Gasteiger charge is -2.32. The second kappa shape index (κ2) is 19.1. The predicted molar refractivity (Wildman–Crippen MR) is 177 cm³/mol. The first-order chi connectivity index (χ1) is 23.7. The molecule has 15 nitrogen and oxygen atoms in total. The molecular formula is C34H45N7O8. The van der Waals surface area contributed by atoms with Gasteiger partial charge in [0.05, 0.1) is 31.8 Å². The molecule has 0 spiro atoms. The summed E-state index contributed by atoms with van der Waals surface area (Å²) in [6.07, 6.45) is 4.89. The molecule has 2 aromatic rings. The van der Waals surface area contributed by atoms with Crippen LogP contribution in [-0.2, 0) is 52.9 Å². The zero-order chi connectivity index (χ0) is 35.0. The van der Waals surface area contributed by atoms with Crippen LogP contribution in [0.15, 0.2) is 59.2 Å². The van der Waals surface area contributed by atoms with E-state index in [0.29, 0.717) is 49.4 Å². The Morgan fingerprint density at radius 2 is 1.78 bits per heavy atom. The minimum absolute atomic E-state index is 0.00331. The minimum Gasteiger partial charge on any atom is -0.469 e. The number of carbonyl (C=O) groups is 6. The number of ether oxygens (including phenoxy) is 1. The second-order valence-electron chi connectivity index (χ2n) is 11.9. The van der Waals surface area contributed by atoms with Gasteiger partial charge in [-0.05, 0) is 42.5 Å². The Labute approximate surface area is 284 Å². The number of piperidine rings is 1. The minimum atomic E-state index is -1.01. The second-order valence-corrected chi connectivity index (χ2v) is 11.9. The highest BCUT2D eigenvalue weighted by molar-refractivity contribution is 5.99. The van der Waals surface area contributed by atoms with Crippen molar-refractivity contribution in [3.8, 4) is 0 Å². The molecule has 1 saturated heterocycles. The average Bonchev–Trinajstić information content (AvgIpc) is 3.62. The average molecular weight is 680 g/mol. The number of furan rings is 1. The van der Waals surface area contributed by atoms with E-state index < -0.39 is 41.6 Å². The summed E-state index contributed by atoms with van der Waals surface area (Å²) in [5, 5.41) is 13.8. The third-order valence-corrected chi connectivity index (χ3v) is 8.22. The highest BCUT2D eigenvalue weighted by Gasteiger charge is 2.31. The maximum atomic E-state index is 13.5. The van der Waals surface area contributed by atoms with Crippen molar-refractivity contribution < 1.29 is 37.9 Å². The Morgan fingerprint density at radius 1 is 0.959 bits per heavy atom. The van der Waals surface area contributed by atoms with Crippen molar-refractivity contribution in [2.24, 2.45) is 11.7 Å². The van der Waals surface area contributed by atoms with Crippen molar-refractivity contribution in [3.05, 3.63) is 71.7 Å². The van der Waals surface area contributed by atoms with Crippen LogP contribution in [0.3, 0.4) is 0 Å². The summed E-state index contributed by atoms with van der Waals surface area (Å²) >= 11 is 0. The molecule has 1 aromatic heterocycles. The molecule has 0 radical (unpaired) electrons. The smallest absolute Gasteiger partial charge is 0.246 e. The van der Waals surface area contributed by atoms with Crippen LogP contribution in [0.1, 0.15) is 36.1 Å². The van der Waals surface area contributed by atoms with E-state index in [1.165, 1.54) is 11.2 Å². The zero-order valence-electron chi connectivity index (χ0n) is 27.4. The van der Waals surface area contributed by atoms with Crippen molar-refractivity contribution in [2.75, 3.05) is 45.9 Å². The quantitative estimate of drug-likeness (QED) is 0.190. The third kappa shape index (κ3) is 11.9. The molecule has 1 aromatic carbocycles. The van der Waals surface area contributed by atoms with Gasteiger partial charge >= 0.3 is 0 Å². The predicted octanol–water partition coefficient (Wildman–Crippen LogP) is -0.943. The van der Waals surface area contributed by atoms with Gasteiger partial charge in [0.1, 0.15) is 17.8 Å². The molecule has 7 N–H and O–H groups in total. The fourth-order valence-electron chi connectivity index (χ4n) is 5.62. The Kier molecular flexibility index (Phi) is 14.3. The number of benzene rings is 1. The van der Waals surface area contributed by atoms with Gasteiger partial charge in [-0.15, -0.1) is 0 Å². The van der Waals surface area contributed by atoms with E-state index in [4.69, 9.17) is 14.9 Å². The monoisotopic (exact) mass is 679 g/mol. The van der Waals surface area contributed by atoms with Crippen LogP contribution in [0.5, 0.6) is 0 Å². The van der Waals surface area contributed by atoms with E-state index in [9.17, 15) is 28.8 Å². The van der Waals surface area contributed by atoms with E-state index in [2.05, 4.69) is 26.6 Å². The fraction of sp³-hybridized carbons (Fsp3) is 0.471. The van der Waals surface area contributed by atoms with Crippen molar-refractivity contribution >= 4 is 35.4 Å². The van der Waals surface area contributed by atoms with Gasteiger partial charge in [-0.1, -0.05) is 24.3 Å². The number of nitrogens with two attached hydrogens (primary N) is 1. The van der Waals surface area contributed by atoms with E-state index in [0.717, 1.165) is 12.2 Å². The Hall–Kier alpha value is -5.02. The molecule has 264 valence electrons. The van der Waals surface area contributed by atoms with Crippen molar-refractivity contribution in [1.82, 2.24) is 31.5 Å². The number of hydrogen-bond donors (Lipinski definition) is 6. The first-order valence-corrected chi connectivity index (χ1v) is 16.5.